The van der Waals surface area contributed by atoms with E-state index in [0.717, 1.165) is 11.3 Å². The molecule has 0 aliphatic rings. The molecule has 0 aromatic carbocycles. The van der Waals surface area contributed by atoms with Gasteiger partial charge in [0.05, 0.1) is 5.69 Å². The summed E-state index contributed by atoms with van der Waals surface area (Å²) >= 11 is 0. The predicted molar refractivity (Wildman–Crippen MR) is 63.3 cm³/mol. The van der Waals surface area contributed by atoms with Crippen molar-refractivity contribution in [3.05, 3.63) is 29.6 Å². The van der Waals surface area contributed by atoms with E-state index in [9.17, 15) is 0 Å². The topological polar surface area (TPSA) is 83.5 Å². The molecule has 0 aliphatic carbocycles. The highest BCUT2D eigenvalue weighted by Crippen LogP contribution is 2.03. The quantitative estimate of drug-likeness (QED) is 0.300. The molecular formula is C11H18N4O. The molecule has 0 saturated carbocycles. The molecule has 1 aromatic heterocycles. The molecule has 0 saturated heterocycles. The highest BCUT2D eigenvalue weighted by molar-refractivity contribution is 5.80. The Bertz CT molecular complexity index is 365. The van der Waals surface area contributed by atoms with E-state index in [4.69, 9.17) is 10.9 Å². The average molecular weight is 222 g/mol. The number of aromatic nitrogens is 1. The monoisotopic (exact) mass is 222 g/mol. The van der Waals surface area contributed by atoms with E-state index in [1.807, 2.05) is 26.0 Å². The number of nitrogens with two attached hydrogens (primary N) is 1. The molecule has 16 heavy (non-hydrogen) atoms. The van der Waals surface area contributed by atoms with Crippen molar-refractivity contribution < 1.29 is 5.21 Å². The normalized spacial score (nSPS) is 13.8. The van der Waals surface area contributed by atoms with E-state index >= 15 is 0 Å². The number of nitrogens with one attached hydrogen (secondary N) is 1. The zero-order valence-corrected chi connectivity index (χ0v) is 9.64. The van der Waals surface area contributed by atoms with E-state index in [1.165, 1.54) is 0 Å². The molecule has 4 N–H and O–H groups in total. The lowest BCUT2D eigenvalue weighted by Gasteiger charge is -2.13. The molecular weight excluding hydrogens is 204 g/mol. The summed E-state index contributed by atoms with van der Waals surface area (Å²) in [5.74, 6) is 0.234. The molecule has 1 unspecified atom stereocenters. The number of oxime groups is 1. The first-order valence-corrected chi connectivity index (χ1v) is 5.23. The van der Waals surface area contributed by atoms with Crippen LogP contribution in [0.1, 0.15) is 24.6 Å². The summed E-state index contributed by atoms with van der Waals surface area (Å²) in [7, 11) is 0. The van der Waals surface area contributed by atoms with Crippen LogP contribution >= 0.6 is 0 Å². The van der Waals surface area contributed by atoms with Gasteiger partial charge in [0.25, 0.3) is 0 Å². The van der Waals surface area contributed by atoms with Crippen LogP contribution in [0.15, 0.2) is 23.5 Å². The molecule has 5 nitrogen and oxygen atoms in total. The minimum absolute atomic E-state index is 0.150. The summed E-state index contributed by atoms with van der Waals surface area (Å²) < 4.78 is 0. The van der Waals surface area contributed by atoms with Crippen molar-refractivity contribution in [2.75, 3.05) is 0 Å². The lowest BCUT2D eigenvalue weighted by atomic mass is 10.2. The Morgan fingerprint density at radius 2 is 2.44 bits per heavy atom. The fraction of sp³-hybridized carbons (Fsp3) is 0.455. The Morgan fingerprint density at radius 1 is 1.69 bits per heavy atom. The van der Waals surface area contributed by atoms with Gasteiger partial charge < -0.3 is 16.3 Å². The Labute approximate surface area is 95.4 Å². The van der Waals surface area contributed by atoms with Crippen LogP contribution in [0.2, 0.25) is 0 Å². The van der Waals surface area contributed by atoms with E-state index in [-0.39, 0.29) is 11.9 Å². The fourth-order valence-electron chi connectivity index (χ4n) is 1.40. The van der Waals surface area contributed by atoms with Crippen LogP contribution in [0.25, 0.3) is 0 Å². The number of pyridine rings is 1. The lowest BCUT2D eigenvalue weighted by molar-refractivity contribution is 0.315. The van der Waals surface area contributed by atoms with Gasteiger partial charge in [-0.1, -0.05) is 11.2 Å². The largest absolute Gasteiger partial charge is 0.409 e. The van der Waals surface area contributed by atoms with Gasteiger partial charge in [-0.3, -0.25) is 4.98 Å². The molecule has 1 aromatic rings. The van der Waals surface area contributed by atoms with E-state index < -0.39 is 0 Å². The van der Waals surface area contributed by atoms with Crippen molar-refractivity contribution in [2.45, 2.75) is 32.9 Å². The fourth-order valence-corrected chi connectivity index (χ4v) is 1.40. The van der Waals surface area contributed by atoms with Crippen LogP contribution in [0.3, 0.4) is 0 Å². The van der Waals surface area contributed by atoms with E-state index in [1.54, 1.807) is 6.20 Å². The number of hydrogen-bond donors (Lipinski definition) is 3. The molecule has 0 radical (unpaired) electrons. The molecule has 1 rings (SSSR count). The van der Waals surface area contributed by atoms with Crippen LogP contribution in [0.5, 0.6) is 0 Å². The van der Waals surface area contributed by atoms with Gasteiger partial charge in [0.2, 0.25) is 0 Å². The standard InChI is InChI=1S/C11H18N4O/c1-8-4-3-5-13-10(8)7-14-9(2)6-11(12)15-16/h3-5,9,14,16H,6-7H2,1-2H3,(H2,12,15). The number of aryl methyl sites for hydroxylation is 1. The molecule has 0 spiro atoms. The lowest BCUT2D eigenvalue weighted by Crippen LogP contribution is -2.31. The Kier molecular flexibility index (Phi) is 4.72. The first kappa shape index (κ1) is 12.4. The SMILES string of the molecule is Cc1cccnc1CNC(C)CC(N)=NO. The van der Waals surface area contributed by atoms with Crippen molar-refractivity contribution >= 4 is 5.84 Å². The van der Waals surface area contributed by atoms with Crippen LogP contribution < -0.4 is 11.1 Å². The Morgan fingerprint density at radius 3 is 3.06 bits per heavy atom. The summed E-state index contributed by atoms with van der Waals surface area (Å²) in [6.07, 6.45) is 2.29. The molecule has 1 atom stereocenters. The van der Waals surface area contributed by atoms with Crippen molar-refractivity contribution in [1.29, 1.82) is 0 Å². The van der Waals surface area contributed by atoms with Gasteiger partial charge in [-0.05, 0) is 25.5 Å². The smallest absolute Gasteiger partial charge is 0.140 e. The number of nitrogens with zero attached hydrogens (tertiary/aromatic N) is 2. The maximum Gasteiger partial charge on any atom is 0.140 e. The molecule has 1 heterocycles. The number of amidine groups is 1. The van der Waals surface area contributed by atoms with Gasteiger partial charge in [0.1, 0.15) is 5.84 Å². The Hall–Kier alpha value is -1.62. The average Bonchev–Trinajstić information content (AvgIpc) is 2.28. The third kappa shape index (κ3) is 3.86. The van der Waals surface area contributed by atoms with Gasteiger partial charge in [-0.2, -0.15) is 0 Å². The summed E-state index contributed by atoms with van der Waals surface area (Å²) in [5.41, 5.74) is 7.60. The molecule has 0 amide bonds. The minimum Gasteiger partial charge on any atom is -0.409 e. The molecule has 0 fully saturated rings. The summed E-state index contributed by atoms with van der Waals surface area (Å²) in [6.45, 7) is 4.70. The highest BCUT2D eigenvalue weighted by atomic mass is 16.4. The zero-order chi connectivity index (χ0) is 12.0. The van der Waals surface area contributed by atoms with Crippen LogP contribution in [-0.4, -0.2) is 22.1 Å². The summed E-state index contributed by atoms with van der Waals surface area (Å²) in [6, 6.07) is 4.09. The van der Waals surface area contributed by atoms with Crippen molar-refractivity contribution in [3.8, 4) is 0 Å². The van der Waals surface area contributed by atoms with E-state index in [2.05, 4.69) is 15.5 Å². The first-order chi connectivity index (χ1) is 7.63. The van der Waals surface area contributed by atoms with Gasteiger partial charge in [-0.25, -0.2) is 0 Å². The maximum atomic E-state index is 8.44. The second-order valence-electron chi connectivity index (χ2n) is 3.84. The third-order valence-corrected chi connectivity index (χ3v) is 2.38. The molecule has 0 aliphatic heterocycles. The number of hydrogen-bond acceptors (Lipinski definition) is 4. The van der Waals surface area contributed by atoms with Gasteiger partial charge in [0.15, 0.2) is 0 Å². The van der Waals surface area contributed by atoms with Crippen molar-refractivity contribution in [3.63, 3.8) is 0 Å². The number of rotatable bonds is 5. The van der Waals surface area contributed by atoms with Crippen molar-refractivity contribution in [2.24, 2.45) is 10.9 Å². The molecule has 5 heteroatoms. The zero-order valence-electron chi connectivity index (χ0n) is 9.64. The third-order valence-electron chi connectivity index (χ3n) is 2.38. The summed E-state index contributed by atoms with van der Waals surface area (Å²) in [4.78, 5) is 4.28. The first-order valence-electron chi connectivity index (χ1n) is 5.23. The molecule has 0 bridgehead atoms. The predicted octanol–water partition coefficient (Wildman–Crippen LogP) is 1.00. The maximum absolute atomic E-state index is 8.44. The summed E-state index contributed by atoms with van der Waals surface area (Å²) in [5, 5.41) is 14.6. The van der Waals surface area contributed by atoms with Crippen LogP contribution in [0, 0.1) is 6.92 Å². The second kappa shape index (κ2) is 6.07. The Balaban J connectivity index is 2.43. The van der Waals surface area contributed by atoms with Gasteiger partial charge in [0, 0.05) is 25.2 Å². The van der Waals surface area contributed by atoms with Crippen LogP contribution in [-0.2, 0) is 6.54 Å². The van der Waals surface area contributed by atoms with Crippen LogP contribution in [0.4, 0.5) is 0 Å². The highest BCUT2D eigenvalue weighted by Gasteiger charge is 2.05. The van der Waals surface area contributed by atoms with E-state index in [0.29, 0.717) is 13.0 Å². The molecule has 88 valence electrons. The van der Waals surface area contributed by atoms with Gasteiger partial charge in [-0.15, -0.1) is 0 Å². The van der Waals surface area contributed by atoms with Gasteiger partial charge >= 0.3 is 0 Å². The second-order valence-corrected chi connectivity index (χ2v) is 3.84. The minimum atomic E-state index is 0.150. The van der Waals surface area contributed by atoms with Crippen molar-refractivity contribution in [1.82, 2.24) is 10.3 Å².